The molecule has 1 amide bonds. The third kappa shape index (κ3) is 3.42. The minimum Gasteiger partial charge on any atom is -0.496 e. The van der Waals surface area contributed by atoms with E-state index in [9.17, 15) is 10.1 Å². The molecule has 0 aliphatic heterocycles. The lowest BCUT2D eigenvalue weighted by molar-refractivity contribution is 0.0945. The van der Waals surface area contributed by atoms with Crippen LogP contribution in [0.4, 0.5) is 0 Å². The maximum atomic E-state index is 12.5. The molecule has 0 saturated heterocycles. The van der Waals surface area contributed by atoms with Crippen molar-refractivity contribution in [1.82, 2.24) is 15.1 Å². The molecule has 1 heterocycles. The van der Waals surface area contributed by atoms with Crippen molar-refractivity contribution >= 4 is 5.91 Å². The number of para-hydroxylation sites is 1. The van der Waals surface area contributed by atoms with E-state index in [1.54, 1.807) is 41.2 Å². The average molecular weight is 346 g/mol. The summed E-state index contributed by atoms with van der Waals surface area (Å²) in [5.41, 5.74) is 2.96. The van der Waals surface area contributed by atoms with Gasteiger partial charge in [0.2, 0.25) is 0 Å². The molecular formula is C20H18N4O2. The van der Waals surface area contributed by atoms with Crippen molar-refractivity contribution in [2.24, 2.45) is 0 Å². The minimum absolute atomic E-state index is 0.328. The molecule has 1 atom stereocenters. The Hall–Kier alpha value is -3.59. The Bertz CT molecular complexity index is 954. The first-order valence-corrected chi connectivity index (χ1v) is 8.08. The van der Waals surface area contributed by atoms with Crippen LogP contribution in [0.1, 0.15) is 27.7 Å². The van der Waals surface area contributed by atoms with E-state index in [4.69, 9.17) is 4.74 Å². The smallest absolute Gasteiger partial charge is 0.252 e. The summed E-state index contributed by atoms with van der Waals surface area (Å²) in [5.74, 6) is 0.232. The van der Waals surface area contributed by atoms with Gasteiger partial charge in [-0.15, -0.1) is 0 Å². The quantitative estimate of drug-likeness (QED) is 0.769. The molecule has 0 aliphatic rings. The second-order valence-electron chi connectivity index (χ2n) is 5.71. The number of aromatic nitrogens is 2. The van der Waals surface area contributed by atoms with E-state index < -0.39 is 6.04 Å². The molecule has 0 bridgehead atoms. The zero-order chi connectivity index (χ0) is 18.5. The number of nitriles is 1. The lowest BCUT2D eigenvalue weighted by Crippen LogP contribution is -2.27. The van der Waals surface area contributed by atoms with Gasteiger partial charge in [0.1, 0.15) is 11.8 Å². The number of hydrogen-bond donors (Lipinski definition) is 1. The van der Waals surface area contributed by atoms with E-state index in [2.05, 4.69) is 16.5 Å². The molecule has 130 valence electrons. The molecule has 0 spiro atoms. The molecule has 3 rings (SSSR count). The molecule has 0 saturated carbocycles. The van der Waals surface area contributed by atoms with Gasteiger partial charge in [0.25, 0.3) is 5.91 Å². The molecule has 0 aliphatic carbocycles. The number of aryl methyl sites for hydroxylation is 1. The summed E-state index contributed by atoms with van der Waals surface area (Å²) < 4.78 is 7.06. The topological polar surface area (TPSA) is 79.9 Å². The molecule has 6 heteroatoms. The number of carbonyl (C=O) groups is 1. The highest BCUT2D eigenvalue weighted by Crippen LogP contribution is 2.24. The van der Waals surface area contributed by atoms with Gasteiger partial charge in [-0.2, -0.15) is 10.4 Å². The summed E-state index contributed by atoms with van der Waals surface area (Å²) in [6, 6.07) is 17.4. The Morgan fingerprint density at radius 3 is 2.54 bits per heavy atom. The van der Waals surface area contributed by atoms with Crippen LogP contribution in [0.25, 0.3) is 5.69 Å². The maximum absolute atomic E-state index is 12.5. The first-order chi connectivity index (χ1) is 12.6. The monoisotopic (exact) mass is 346 g/mol. The predicted octanol–water partition coefficient (Wildman–Crippen LogP) is 3.18. The Morgan fingerprint density at radius 2 is 1.92 bits per heavy atom. The van der Waals surface area contributed by atoms with E-state index in [1.165, 1.54) is 7.11 Å². The van der Waals surface area contributed by atoms with E-state index in [-0.39, 0.29) is 5.91 Å². The van der Waals surface area contributed by atoms with Gasteiger partial charge in [-0.3, -0.25) is 4.79 Å². The molecule has 26 heavy (non-hydrogen) atoms. The highest BCUT2D eigenvalue weighted by molar-refractivity contribution is 5.94. The van der Waals surface area contributed by atoms with E-state index in [1.807, 2.05) is 31.2 Å². The number of nitrogens with one attached hydrogen (secondary N) is 1. The summed E-state index contributed by atoms with van der Waals surface area (Å²) in [5, 5.41) is 16.4. The summed E-state index contributed by atoms with van der Waals surface area (Å²) in [6.45, 7) is 1.96. The fraction of sp³-hybridized carbons (Fsp3) is 0.150. The van der Waals surface area contributed by atoms with Gasteiger partial charge < -0.3 is 10.1 Å². The van der Waals surface area contributed by atoms with Crippen LogP contribution in [0.3, 0.4) is 0 Å². The number of methoxy groups -OCH3 is 1. The first-order valence-electron chi connectivity index (χ1n) is 8.08. The van der Waals surface area contributed by atoms with Crippen LogP contribution in [-0.4, -0.2) is 22.8 Å². The highest BCUT2D eigenvalue weighted by Gasteiger charge is 2.18. The van der Waals surface area contributed by atoms with Crippen molar-refractivity contribution in [2.45, 2.75) is 13.0 Å². The maximum Gasteiger partial charge on any atom is 0.252 e. The zero-order valence-corrected chi connectivity index (χ0v) is 14.5. The summed E-state index contributed by atoms with van der Waals surface area (Å²) in [6.07, 6.45) is 1.72. The lowest BCUT2D eigenvalue weighted by atomic mass is 10.1. The molecule has 1 unspecified atom stereocenters. The zero-order valence-electron chi connectivity index (χ0n) is 14.5. The third-order valence-electron chi connectivity index (χ3n) is 4.06. The number of nitrogens with zero attached hydrogens (tertiary/aromatic N) is 3. The fourth-order valence-electron chi connectivity index (χ4n) is 2.69. The van der Waals surface area contributed by atoms with Gasteiger partial charge in [-0.1, -0.05) is 18.2 Å². The second kappa shape index (κ2) is 7.53. The molecule has 1 aromatic heterocycles. The Balaban J connectivity index is 1.79. The summed E-state index contributed by atoms with van der Waals surface area (Å²) >= 11 is 0. The van der Waals surface area contributed by atoms with Crippen LogP contribution in [0.5, 0.6) is 5.75 Å². The van der Waals surface area contributed by atoms with Gasteiger partial charge in [0.15, 0.2) is 0 Å². The van der Waals surface area contributed by atoms with E-state index in [0.717, 1.165) is 11.4 Å². The van der Waals surface area contributed by atoms with Crippen molar-refractivity contribution in [3.63, 3.8) is 0 Å². The number of amides is 1. The molecule has 6 nitrogen and oxygen atoms in total. The van der Waals surface area contributed by atoms with Crippen LogP contribution in [0.15, 0.2) is 60.8 Å². The standard InChI is InChI=1S/C20H18N4O2/c1-14-11-12-22-24(14)16-9-7-15(8-10-16)20(25)23-18(13-21)17-5-3-4-6-19(17)26-2/h3-12,18H,1-2H3,(H,23,25). The van der Waals surface area contributed by atoms with Gasteiger partial charge in [0, 0.05) is 23.0 Å². The summed E-state index contributed by atoms with van der Waals surface area (Å²) in [7, 11) is 1.53. The van der Waals surface area contributed by atoms with Crippen molar-refractivity contribution in [2.75, 3.05) is 7.11 Å². The SMILES string of the molecule is COc1ccccc1C(C#N)NC(=O)c1ccc(-n2nccc2C)cc1. The van der Waals surface area contributed by atoms with Gasteiger partial charge in [-0.05, 0) is 43.3 Å². The van der Waals surface area contributed by atoms with Crippen molar-refractivity contribution in [3.8, 4) is 17.5 Å². The van der Waals surface area contributed by atoms with E-state index in [0.29, 0.717) is 16.9 Å². The number of rotatable bonds is 5. The van der Waals surface area contributed by atoms with E-state index >= 15 is 0 Å². The molecular weight excluding hydrogens is 328 g/mol. The lowest BCUT2D eigenvalue weighted by Gasteiger charge is -2.15. The molecule has 1 N–H and O–H groups in total. The van der Waals surface area contributed by atoms with Crippen LogP contribution in [0, 0.1) is 18.3 Å². The number of carbonyl (C=O) groups excluding carboxylic acids is 1. The number of hydrogen-bond acceptors (Lipinski definition) is 4. The van der Waals surface area contributed by atoms with Crippen LogP contribution in [-0.2, 0) is 0 Å². The van der Waals surface area contributed by atoms with Crippen molar-refractivity contribution in [1.29, 1.82) is 5.26 Å². The Kier molecular flexibility index (Phi) is 4.99. The Morgan fingerprint density at radius 1 is 1.19 bits per heavy atom. The molecule has 0 radical (unpaired) electrons. The van der Waals surface area contributed by atoms with Gasteiger partial charge in [-0.25, -0.2) is 4.68 Å². The Labute approximate surface area is 151 Å². The van der Waals surface area contributed by atoms with Crippen LogP contribution in [0.2, 0.25) is 0 Å². The van der Waals surface area contributed by atoms with Crippen LogP contribution >= 0.6 is 0 Å². The highest BCUT2D eigenvalue weighted by atomic mass is 16.5. The first kappa shape index (κ1) is 17.2. The van der Waals surface area contributed by atoms with Crippen molar-refractivity contribution in [3.05, 3.63) is 77.6 Å². The molecule has 2 aromatic carbocycles. The van der Waals surface area contributed by atoms with Crippen molar-refractivity contribution < 1.29 is 9.53 Å². The normalized spacial score (nSPS) is 11.4. The average Bonchev–Trinajstić information content (AvgIpc) is 3.12. The fourth-order valence-corrected chi connectivity index (χ4v) is 2.69. The predicted molar refractivity (Wildman–Crippen MR) is 97.1 cm³/mol. The molecule has 3 aromatic rings. The largest absolute Gasteiger partial charge is 0.496 e. The third-order valence-corrected chi connectivity index (χ3v) is 4.06. The number of benzene rings is 2. The van der Waals surface area contributed by atoms with Gasteiger partial charge >= 0.3 is 0 Å². The second-order valence-corrected chi connectivity index (χ2v) is 5.71. The minimum atomic E-state index is -0.799. The molecule has 0 fully saturated rings. The number of ether oxygens (including phenoxy) is 1. The van der Waals surface area contributed by atoms with Crippen LogP contribution < -0.4 is 10.1 Å². The van der Waals surface area contributed by atoms with Gasteiger partial charge in [0.05, 0.1) is 18.9 Å². The summed E-state index contributed by atoms with van der Waals surface area (Å²) in [4.78, 5) is 12.5.